The van der Waals surface area contributed by atoms with E-state index >= 15 is 0 Å². The molecule has 0 aliphatic carbocycles. The van der Waals surface area contributed by atoms with Crippen LogP contribution in [0.2, 0.25) is 5.02 Å². The van der Waals surface area contributed by atoms with Crippen LogP contribution in [0.5, 0.6) is 5.75 Å². The molecule has 0 aromatic heterocycles. The van der Waals surface area contributed by atoms with E-state index in [9.17, 15) is 0 Å². The van der Waals surface area contributed by atoms with Gasteiger partial charge in [-0.25, -0.2) is 0 Å². The summed E-state index contributed by atoms with van der Waals surface area (Å²) in [6, 6.07) is 5.61. The summed E-state index contributed by atoms with van der Waals surface area (Å²) in [7, 11) is 3.67. The van der Waals surface area contributed by atoms with E-state index in [0.29, 0.717) is 5.02 Å². The predicted octanol–water partition coefficient (Wildman–Crippen LogP) is 2.91. The molecule has 1 aromatic carbocycles. The van der Waals surface area contributed by atoms with Crippen LogP contribution < -0.4 is 15.4 Å². The Morgan fingerprint density at radius 1 is 1.41 bits per heavy atom. The van der Waals surface area contributed by atoms with Gasteiger partial charge in [0.05, 0.1) is 12.8 Å². The lowest BCUT2D eigenvalue weighted by Gasteiger charge is -2.26. The summed E-state index contributed by atoms with van der Waals surface area (Å²) in [5, 5.41) is 0.708. The molecule has 0 amide bonds. The Balaban J connectivity index is 2.80. The van der Waals surface area contributed by atoms with Crippen molar-refractivity contribution in [3.63, 3.8) is 0 Å². The summed E-state index contributed by atoms with van der Waals surface area (Å²) in [5.74, 6) is 0.826. The van der Waals surface area contributed by atoms with E-state index in [1.54, 1.807) is 7.11 Å². The molecule has 0 radical (unpaired) electrons. The minimum Gasteiger partial charge on any atom is -0.495 e. The second kappa shape index (κ2) is 5.61. The van der Waals surface area contributed by atoms with E-state index in [4.69, 9.17) is 22.1 Å². The number of nitrogens with two attached hydrogens (primary N) is 1. The highest BCUT2D eigenvalue weighted by Crippen LogP contribution is 2.30. The molecule has 1 rings (SSSR count). The van der Waals surface area contributed by atoms with Crippen LogP contribution in [0, 0.1) is 0 Å². The van der Waals surface area contributed by atoms with Gasteiger partial charge in [-0.2, -0.15) is 0 Å². The van der Waals surface area contributed by atoms with E-state index in [1.165, 1.54) is 0 Å². The highest BCUT2D eigenvalue weighted by Gasteiger charge is 2.14. The molecule has 3 nitrogen and oxygen atoms in total. The van der Waals surface area contributed by atoms with Crippen LogP contribution in [0.25, 0.3) is 0 Å². The Kier molecular flexibility index (Phi) is 4.66. The number of halogens is 1. The predicted molar refractivity (Wildman–Crippen MR) is 74.2 cm³/mol. The molecule has 17 heavy (non-hydrogen) atoms. The smallest absolute Gasteiger partial charge is 0.142 e. The fourth-order valence-electron chi connectivity index (χ4n) is 1.54. The largest absolute Gasteiger partial charge is 0.495 e. The maximum atomic E-state index is 6.00. The second-order valence-electron chi connectivity index (χ2n) is 4.98. The Labute approximate surface area is 109 Å². The van der Waals surface area contributed by atoms with Gasteiger partial charge in [-0.15, -0.1) is 0 Å². The average molecular weight is 257 g/mol. The van der Waals surface area contributed by atoms with Gasteiger partial charge in [-0.05, 0) is 38.5 Å². The number of anilines is 1. The molecule has 0 heterocycles. The lowest BCUT2D eigenvalue weighted by atomic mass is 10.0. The Bertz CT molecular complexity index is 374. The topological polar surface area (TPSA) is 38.5 Å². The lowest BCUT2D eigenvalue weighted by Crippen LogP contribution is -2.36. The lowest BCUT2D eigenvalue weighted by molar-refractivity contribution is 0.413. The van der Waals surface area contributed by atoms with Crippen molar-refractivity contribution in [2.75, 3.05) is 25.6 Å². The van der Waals surface area contributed by atoms with Crippen LogP contribution in [-0.4, -0.2) is 26.2 Å². The first-order valence-electron chi connectivity index (χ1n) is 5.67. The molecule has 0 fully saturated rings. The average Bonchev–Trinajstić information content (AvgIpc) is 2.25. The zero-order valence-electron chi connectivity index (χ0n) is 11.0. The number of benzene rings is 1. The maximum Gasteiger partial charge on any atom is 0.142 e. The van der Waals surface area contributed by atoms with E-state index < -0.39 is 0 Å². The summed E-state index contributed by atoms with van der Waals surface area (Å²) in [6.45, 7) is 4.91. The molecule has 4 heteroatoms. The first-order chi connectivity index (χ1) is 7.83. The molecule has 2 N–H and O–H groups in total. The van der Waals surface area contributed by atoms with Crippen LogP contribution in [0.1, 0.15) is 20.3 Å². The summed E-state index contributed by atoms with van der Waals surface area (Å²) < 4.78 is 5.32. The first kappa shape index (κ1) is 14.1. The zero-order valence-corrected chi connectivity index (χ0v) is 11.7. The number of methoxy groups -OCH3 is 1. The standard InChI is InChI=1S/C13H21ClN2O/c1-13(2,15)7-8-16(3)11-9-10(14)5-6-12(11)17-4/h5-6,9H,7-8,15H2,1-4H3. The van der Waals surface area contributed by atoms with Gasteiger partial charge in [0.15, 0.2) is 0 Å². The molecule has 0 aliphatic heterocycles. The van der Waals surface area contributed by atoms with E-state index in [2.05, 4.69) is 4.90 Å². The molecule has 0 saturated heterocycles. The van der Waals surface area contributed by atoms with Gasteiger partial charge >= 0.3 is 0 Å². The molecule has 0 bridgehead atoms. The second-order valence-corrected chi connectivity index (χ2v) is 5.41. The highest BCUT2D eigenvalue weighted by molar-refractivity contribution is 6.30. The molecule has 0 unspecified atom stereocenters. The monoisotopic (exact) mass is 256 g/mol. The fraction of sp³-hybridized carbons (Fsp3) is 0.538. The molecular weight excluding hydrogens is 236 g/mol. The van der Waals surface area contributed by atoms with Gasteiger partial charge in [-0.1, -0.05) is 11.6 Å². The molecule has 0 saturated carbocycles. The highest BCUT2D eigenvalue weighted by atomic mass is 35.5. The van der Waals surface area contributed by atoms with Gasteiger partial charge < -0.3 is 15.4 Å². The number of rotatable bonds is 5. The Morgan fingerprint density at radius 2 is 2.06 bits per heavy atom. The summed E-state index contributed by atoms with van der Waals surface area (Å²) in [4.78, 5) is 2.11. The van der Waals surface area contributed by atoms with Gasteiger partial charge in [0.1, 0.15) is 5.75 Å². The van der Waals surface area contributed by atoms with Crippen molar-refractivity contribution >= 4 is 17.3 Å². The number of hydrogen-bond donors (Lipinski definition) is 1. The Hall–Kier alpha value is -0.930. The fourth-order valence-corrected chi connectivity index (χ4v) is 1.70. The van der Waals surface area contributed by atoms with Crippen LogP contribution in [0.3, 0.4) is 0 Å². The number of hydrogen-bond acceptors (Lipinski definition) is 3. The van der Waals surface area contributed by atoms with Crippen molar-refractivity contribution in [3.05, 3.63) is 23.2 Å². The minimum absolute atomic E-state index is 0.167. The van der Waals surface area contributed by atoms with Crippen molar-refractivity contribution in [2.24, 2.45) is 5.73 Å². The molecule has 0 aliphatic rings. The van der Waals surface area contributed by atoms with Gasteiger partial charge in [0.2, 0.25) is 0 Å². The van der Waals surface area contributed by atoms with Gasteiger partial charge in [-0.3, -0.25) is 0 Å². The normalized spacial score (nSPS) is 11.4. The first-order valence-corrected chi connectivity index (χ1v) is 6.05. The zero-order chi connectivity index (χ0) is 13.1. The summed E-state index contributed by atoms with van der Waals surface area (Å²) in [5.41, 5.74) is 6.80. The van der Waals surface area contributed by atoms with Crippen LogP contribution in [-0.2, 0) is 0 Å². The SMILES string of the molecule is COc1ccc(Cl)cc1N(C)CCC(C)(C)N. The molecule has 1 aromatic rings. The molecule has 0 atom stereocenters. The van der Waals surface area contributed by atoms with Crippen molar-refractivity contribution in [1.29, 1.82) is 0 Å². The maximum absolute atomic E-state index is 6.00. The number of ether oxygens (including phenoxy) is 1. The third-order valence-electron chi connectivity index (χ3n) is 2.64. The number of nitrogens with zero attached hydrogens (tertiary/aromatic N) is 1. The molecule has 96 valence electrons. The van der Waals surface area contributed by atoms with E-state index in [0.717, 1.165) is 24.4 Å². The van der Waals surface area contributed by atoms with Gasteiger partial charge in [0.25, 0.3) is 0 Å². The Morgan fingerprint density at radius 3 is 2.59 bits per heavy atom. The van der Waals surface area contributed by atoms with Crippen molar-refractivity contribution < 1.29 is 4.74 Å². The quantitative estimate of drug-likeness (QED) is 0.880. The van der Waals surface area contributed by atoms with Crippen LogP contribution in [0.15, 0.2) is 18.2 Å². The van der Waals surface area contributed by atoms with Crippen molar-refractivity contribution in [1.82, 2.24) is 0 Å². The minimum atomic E-state index is -0.167. The summed E-state index contributed by atoms with van der Waals surface area (Å²) in [6.07, 6.45) is 0.902. The van der Waals surface area contributed by atoms with Crippen LogP contribution >= 0.6 is 11.6 Å². The molecule has 0 spiro atoms. The van der Waals surface area contributed by atoms with Crippen molar-refractivity contribution in [2.45, 2.75) is 25.8 Å². The van der Waals surface area contributed by atoms with E-state index in [-0.39, 0.29) is 5.54 Å². The van der Waals surface area contributed by atoms with Gasteiger partial charge in [0, 0.05) is 24.2 Å². The van der Waals surface area contributed by atoms with Crippen molar-refractivity contribution in [3.8, 4) is 5.75 Å². The molecular formula is C13H21ClN2O. The van der Waals surface area contributed by atoms with Crippen LogP contribution in [0.4, 0.5) is 5.69 Å². The summed E-state index contributed by atoms with van der Waals surface area (Å²) >= 11 is 6.00. The third kappa shape index (κ3) is 4.44. The third-order valence-corrected chi connectivity index (χ3v) is 2.88. The van der Waals surface area contributed by atoms with E-state index in [1.807, 2.05) is 39.1 Å².